The van der Waals surface area contributed by atoms with Crippen molar-refractivity contribution in [1.29, 1.82) is 0 Å². The van der Waals surface area contributed by atoms with Crippen molar-refractivity contribution in [2.45, 2.75) is 18.4 Å². The number of aryl methyl sites for hydroxylation is 1. The highest BCUT2D eigenvalue weighted by Crippen LogP contribution is 2.29. The highest BCUT2D eigenvalue weighted by atomic mass is 79.9. The molecule has 0 unspecified atom stereocenters. The third-order valence-corrected chi connectivity index (χ3v) is 4.91. The summed E-state index contributed by atoms with van der Waals surface area (Å²) in [6.07, 6.45) is 0. The van der Waals surface area contributed by atoms with Crippen LogP contribution in [0.15, 0.2) is 38.1 Å². The maximum atomic E-state index is 12.3. The van der Waals surface area contributed by atoms with Crippen LogP contribution in [0.25, 0.3) is 0 Å². The van der Waals surface area contributed by atoms with Crippen molar-refractivity contribution in [2.75, 3.05) is 4.72 Å². The van der Waals surface area contributed by atoms with Gasteiger partial charge in [0.05, 0.1) is 5.69 Å². The zero-order valence-corrected chi connectivity index (χ0v) is 13.5. The molecule has 0 aliphatic carbocycles. The van der Waals surface area contributed by atoms with E-state index in [0.717, 1.165) is 0 Å². The minimum Gasteiger partial charge on any atom is -0.462 e. The van der Waals surface area contributed by atoms with Gasteiger partial charge < -0.3 is 9.52 Å². The molecule has 0 aliphatic rings. The van der Waals surface area contributed by atoms with Crippen molar-refractivity contribution in [3.05, 3.63) is 45.3 Å². The van der Waals surface area contributed by atoms with Crippen LogP contribution in [-0.4, -0.2) is 13.5 Å². The van der Waals surface area contributed by atoms with Crippen molar-refractivity contribution < 1.29 is 17.9 Å². The number of anilines is 1. The predicted octanol–water partition coefficient (Wildman–Crippen LogP) is 3.30. The third-order valence-electron chi connectivity index (χ3n) is 2.54. The highest BCUT2D eigenvalue weighted by Gasteiger charge is 2.22. The van der Waals surface area contributed by atoms with E-state index in [4.69, 9.17) is 21.1 Å². The zero-order valence-electron chi connectivity index (χ0n) is 10.4. The lowest BCUT2D eigenvalue weighted by molar-refractivity contribution is 0.245. The Hall–Kier alpha value is -1.02. The van der Waals surface area contributed by atoms with Crippen molar-refractivity contribution >= 4 is 43.2 Å². The monoisotopic (exact) mass is 379 g/mol. The Morgan fingerprint density at radius 3 is 2.65 bits per heavy atom. The molecule has 0 bridgehead atoms. The third kappa shape index (κ3) is 3.17. The molecule has 2 N–H and O–H groups in total. The van der Waals surface area contributed by atoms with E-state index in [2.05, 4.69) is 20.7 Å². The summed E-state index contributed by atoms with van der Waals surface area (Å²) in [6, 6.07) is 6.00. The number of furan rings is 1. The molecule has 0 spiro atoms. The van der Waals surface area contributed by atoms with Gasteiger partial charge in [0.15, 0.2) is 0 Å². The molecule has 0 saturated carbocycles. The topological polar surface area (TPSA) is 79.5 Å². The van der Waals surface area contributed by atoms with Crippen LogP contribution in [0, 0.1) is 6.92 Å². The number of nitrogens with one attached hydrogen (secondary N) is 1. The first kappa shape index (κ1) is 15.4. The number of aliphatic hydroxyl groups excluding tert-OH is 1. The predicted molar refractivity (Wildman–Crippen MR) is 79.3 cm³/mol. The number of hydrogen-bond donors (Lipinski definition) is 2. The summed E-state index contributed by atoms with van der Waals surface area (Å²) in [6.45, 7) is 1.16. The fourth-order valence-corrected chi connectivity index (χ4v) is 3.84. The summed E-state index contributed by atoms with van der Waals surface area (Å²) in [7, 11) is -3.80. The second-order valence-electron chi connectivity index (χ2n) is 4.02. The fourth-order valence-electron chi connectivity index (χ4n) is 1.64. The van der Waals surface area contributed by atoms with E-state index in [9.17, 15) is 8.42 Å². The molecule has 0 radical (unpaired) electrons. The van der Waals surface area contributed by atoms with Crippen molar-refractivity contribution in [3.8, 4) is 0 Å². The Bertz CT molecular complexity index is 742. The SMILES string of the molecule is Cc1oc(CO)cc1S(=O)(=O)Nc1ccc(Cl)cc1Br. The Balaban J connectivity index is 2.38. The Labute approximate surface area is 129 Å². The maximum Gasteiger partial charge on any atom is 0.265 e. The van der Waals surface area contributed by atoms with E-state index in [-0.39, 0.29) is 23.0 Å². The molecular formula is C12H11BrClNO4S. The van der Waals surface area contributed by atoms with E-state index in [0.29, 0.717) is 15.2 Å². The number of halogens is 2. The lowest BCUT2D eigenvalue weighted by Crippen LogP contribution is -2.13. The molecule has 2 rings (SSSR count). The molecule has 0 atom stereocenters. The van der Waals surface area contributed by atoms with Crippen molar-refractivity contribution in [3.63, 3.8) is 0 Å². The molecule has 108 valence electrons. The summed E-state index contributed by atoms with van der Waals surface area (Å²) in [4.78, 5) is -0.0107. The number of benzene rings is 1. The molecule has 0 fully saturated rings. The van der Waals surface area contributed by atoms with Crippen LogP contribution >= 0.6 is 27.5 Å². The van der Waals surface area contributed by atoms with Gasteiger partial charge in [0.1, 0.15) is 23.0 Å². The normalized spacial score (nSPS) is 11.6. The van der Waals surface area contributed by atoms with Gasteiger partial charge in [-0.3, -0.25) is 4.72 Å². The standard InChI is InChI=1S/C12H11BrClNO4S/c1-7-12(5-9(6-16)19-7)20(17,18)15-11-3-2-8(14)4-10(11)13/h2-5,15-16H,6H2,1H3. The molecule has 20 heavy (non-hydrogen) atoms. The van der Waals surface area contributed by atoms with Crippen molar-refractivity contribution in [1.82, 2.24) is 0 Å². The molecule has 5 nitrogen and oxygen atoms in total. The number of aliphatic hydroxyl groups is 1. The first-order valence-corrected chi connectivity index (χ1v) is 8.17. The molecule has 1 aromatic heterocycles. The smallest absolute Gasteiger partial charge is 0.265 e. The van der Waals surface area contributed by atoms with E-state index in [1.807, 2.05) is 0 Å². The largest absolute Gasteiger partial charge is 0.462 e. The number of rotatable bonds is 4. The summed E-state index contributed by atoms with van der Waals surface area (Å²) in [5.74, 6) is 0.407. The molecule has 0 saturated heterocycles. The average Bonchev–Trinajstić information content (AvgIpc) is 2.75. The molecule has 1 heterocycles. The number of hydrogen-bond acceptors (Lipinski definition) is 4. The van der Waals surface area contributed by atoms with Crippen molar-refractivity contribution in [2.24, 2.45) is 0 Å². The van der Waals surface area contributed by atoms with E-state index < -0.39 is 10.0 Å². The van der Waals surface area contributed by atoms with E-state index in [1.165, 1.54) is 13.0 Å². The molecular weight excluding hydrogens is 370 g/mol. The summed E-state index contributed by atoms with van der Waals surface area (Å²) < 4.78 is 32.7. The zero-order chi connectivity index (χ0) is 14.9. The molecule has 2 aromatic rings. The minimum absolute atomic E-state index is 0.0107. The second-order valence-corrected chi connectivity index (χ2v) is 6.96. The summed E-state index contributed by atoms with van der Waals surface area (Å²) >= 11 is 9.04. The summed E-state index contributed by atoms with van der Waals surface area (Å²) in [5.41, 5.74) is 0.362. The van der Waals surface area contributed by atoms with Gasteiger partial charge in [-0.1, -0.05) is 11.6 Å². The quantitative estimate of drug-likeness (QED) is 0.853. The van der Waals surface area contributed by atoms with Gasteiger partial charge in [-0.2, -0.15) is 0 Å². The van der Waals surface area contributed by atoms with Gasteiger partial charge >= 0.3 is 0 Å². The summed E-state index contributed by atoms with van der Waals surface area (Å²) in [5, 5.41) is 9.46. The molecule has 8 heteroatoms. The van der Waals surface area contributed by atoms with Crippen LogP contribution in [0.1, 0.15) is 11.5 Å². The van der Waals surface area contributed by atoms with Crippen LogP contribution in [0.2, 0.25) is 5.02 Å². The number of sulfonamides is 1. The Morgan fingerprint density at radius 1 is 1.40 bits per heavy atom. The minimum atomic E-state index is -3.80. The Kier molecular flexibility index (Phi) is 4.43. The fraction of sp³-hybridized carbons (Fsp3) is 0.167. The molecule has 0 amide bonds. The van der Waals surface area contributed by atoms with Gasteiger partial charge in [0.25, 0.3) is 10.0 Å². The van der Waals surface area contributed by atoms with Crippen LogP contribution in [0.5, 0.6) is 0 Å². The van der Waals surface area contributed by atoms with Crippen LogP contribution in [0.3, 0.4) is 0 Å². The van der Waals surface area contributed by atoms with Crippen LogP contribution in [0.4, 0.5) is 5.69 Å². The molecule has 1 aromatic carbocycles. The van der Waals surface area contributed by atoms with Gasteiger partial charge in [-0.25, -0.2) is 8.42 Å². The van der Waals surface area contributed by atoms with E-state index in [1.54, 1.807) is 18.2 Å². The highest BCUT2D eigenvalue weighted by molar-refractivity contribution is 9.10. The lowest BCUT2D eigenvalue weighted by Gasteiger charge is -2.09. The van der Waals surface area contributed by atoms with Gasteiger partial charge in [-0.15, -0.1) is 0 Å². The first-order valence-electron chi connectivity index (χ1n) is 5.51. The molecule has 0 aliphatic heterocycles. The second kappa shape index (κ2) is 5.77. The van der Waals surface area contributed by atoms with Gasteiger partial charge in [-0.05, 0) is 41.1 Å². The van der Waals surface area contributed by atoms with Gasteiger partial charge in [0, 0.05) is 15.6 Å². The Morgan fingerprint density at radius 2 is 2.10 bits per heavy atom. The average molecular weight is 381 g/mol. The lowest BCUT2D eigenvalue weighted by atomic mass is 10.3. The first-order chi connectivity index (χ1) is 9.33. The maximum absolute atomic E-state index is 12.3. The van der Waals surface area contributed by atoms with Gasteiger partial charge in [0.2, 0.25) is 0 Å². The van der Waals surface area contributed by atoms with Crippen LogP contribution < -0.4 is 4.72 Å². The van der Waals surface area contributed by atoms with Crippen LogP contribution in [-0.2, 0) is 16.6 Å². The van der Waals surface area contributed by atoms with E-state index >= 15 is 0 Å².